The van der Waals surface area contributed by atoms with Crippen molar-refractivity contribution >= 4 is 23.1 Å². The predicted molar refractivity (Wildman–Crippen MR) is 97.6 cm³/mol. The maximum Gasteiger partial charge on any atom is 0.269 e. The second-order valence-electron chi connectivity index (χ2n) is 5.48. The van der Waals surface area contributed by atoms with Gasteiger partial charge in [0.2, 0.25) is 0 Å². The lowest BCUT2D eigenvalue weighted by Crippen LogP contribution is -2.21. The first-order valence-electron chi connectivity index (χ1n) is 7.83. The first-order valence-corrected chi connectivity index (χ1v) is 7.83. The van der Waals surface area contributed by atoms with E-state index in [0.717, 1.165) is 0 Å². The van der Waals surface area contributed by atoms with Crippen molar-refractivity contribution in [2.24, 2.45) is 0 Å². The summed E-state index contributed by atoms with van der Waals surface area (Å²) < 4.78 is 5.49. The van der Waals surface area contributed by atoms with Crippen molar-refractivity contribution in [2.75, 3.05) is 11.9 Å². The van der Waals surface area contributed by atoms with E-state index in [0.29, 0.717) is 29.0 Å². The number of benzene rings is 2. The van der Waals surface area contributed by atoms with E-state index in [1.54, 1.807) is 30.3 Å². The van der Waals surface area contributed by atoms with E-state index in [2.05, 4.69) is 11.9 Å². The van der Waals surface area contributed by atoms with Crippen LogP contribution in [0.25, 0.3) is 0 Å². The van der Waals surface area contributed by atoms with Gasteiger partial charge in [-0.25, -0.2) is 0 Å². The number of amides is 1. The van der Waals surface area contributed by atoms with Crippen molar-refractivity contribution in [1.82, 2.24) is 0 Å². The zero-order valence-electron chi connectivity index (χ0n) is 14.2. The van der Waals surface area contributed by atoms with Crippen molar-refractivity contribution in [1.29, 1.82) is 0 Å². The quantitative estimate of drug-likeness (QED) is 0.338. The number of nitro groups is 1. The molecule has 2 aromatic rings. The van der Waals surface area contributed by atoms with Crippen LogP contribution in [0.3, 0.4) is 0 Å². The van der Waals surface area contributed by atoms with Crippen molar-refractivity contribution in [3.05, 3.63) is 76.4 Å². The summed E-state index contributed by atoms with van der Waals surface area (Å²) >= 11 is 0. The SMILES string of the molecule is C=CCc1cc([N+](=O)[O-])ccc1OCC(=O)Nc1ccccc1C(C)=O. The number of hydrogen-bond donors (Lipinski definition) is 1. The van der Waals surface area contributed by atoms with Crippen LogP contribution in [-0.4, -0.2) is 23.2 Å². The van der Waals surface area contributed by atoms with Gasteiger partial charge in [-0.3, -0.25) is 19.7 Å². The van der Waals surface area contributed by atoms with Gasteiger partial charge in [-0.05, 0) is 31.5 Å². The Labute approximate surface area is 150 Å². The van der Waals surface area contributed by atoms with Gasteiger partial charge < -0.3 is 10.1 Å². The van der Waals surface area contributed by atoms with Gasteiger partial charge in [0.1, 0.15) is 5.75 Å². The second-order valence-corrected chi connectivity index (χ2v) is 5.48. The number of non-ortho nitro benzene ring substituents is 1. The number of ether oxygens (including phenoxy) is 1. The van der Waals surface area contributed by atoms with E-state index in [1.165, 1.54) is 25.1 Å². The van der Waals surface area contributed by atoms with Crippen molar-refractivity contribution in [2.45, 2.75) is 13.3 Å². The molecule has 0 aliphatic heterocycles. The third kappa shape index (κ3) is 4.76. The number of para-hydroxylation sites is 1. The van der Waals surface area contributed by atoms with E-state index >= 15 is 0 Å². The molecule has 0 bridgehead atoms. The number of nitrogens with zero attached hydrogens (tertiary/aromatic N) is 1. The van der Waals surface area contributed by atoms with Crippen LogP contribution in [0.15, 0.2) is 55.1 Å². The maximum absolute atomic E-state index is 12.1. The Morgan fingerprint density at radius 2 is 2.00 bits per heavy atom. The zero-order valence-corrected chi connectivity index (χ0v) is 14.2. The Morgan fingerprint density at radius 1 is 1.27 bits per heavy atom. The molecule has 0 radical (unpaired) electrons. The number of rotatable bonds is 8. The normalized spacial score (nSPS) is 10.0. The fraction of sp³-hybridized carbons (Fsp3) is 0.158. The molecule has 0 fully saturated rings. The van der Waals surface area contributed by atoms with Crippen molar-refractivity contribution in [3.63, 3.8) is 0 Å². The third-order valence-corrected chi connectivity index (χ3v) is 3.56. The van der Waals surface area contributed by atoms with Crippen LogP contribution < -0.4 is 10.1 Å². The monoisotopic (exact) mass is 354 g/mol. The van der Waals surface area contributed by atoms with Gasteiger partial charge in [-0.15, -0.1) is 6.58 Å². The molecule has 0 unspecified atom stereocenters. The van der Waals surface area contributed by atoms with E-state index in [1.807, 2.05) is 0 Å². The number of nitrogens with one attached hydrogen (secondary N) is 1. The summed E-state index contributed by atoms with van der Waals surface area (Å²) in [5, 5.41) is 13.5. The largest absolute Gasteiger partial charge is 0.483 e. The molecule has 0 heterocycles. The van der Waals surface area contributed by atoms with Gasteiger partial charge in [0.25, 0.3) is 11.6 Å². The molecule has 7 nitrogen and oxygen atoms in total. The highest BCUT2D eigenvalue weighted by Gasteiger charge is 2.14. The molecular formula is C19H18N2O5. The van der Waals surface area contributed by atoms with Gasteiger partial charge >= 0.3 is 0 Å². The smallest absolute Gasteiger partial charge is 0.269 e. The molecular weight excluding hydrogens is 336 g/mol. The van der Waals surface area contributed by atoms with E-state index < -0.39 is 10.8 Å². The lowest BCUT2D eigenvalue weighted by Gasteiger charge is -2.12. The average molecular weight is 354 g/mol. The predicted octanol–water partition coefficient (Wildman–Crippen LogP) is 3.54. The summed E-state index contributed by atoms with van der Waals surface area (Å²) in [4.78, 5) is 34.1. The maximum atomic E-state index is 12.1. The number of anilines is 1. The molecule has 0 aliphatic carbocycles. The second kappa shape index (κ2) is 8.57. The Bertz CT molecular complexity index is 861. The highest BCUT2D eigenvalue weighted by Crippen LogP contribution is 2.25. The number of carbonyl (C=O) groups is 2. The van der Waals surface area contributed by atoms with Gasteiger partial charge in [-0.2, -0.15) is 0 Å². The van der Waals surface area contributed by atoms with Gasteiger partial charge in [0, 0.05) is 23.3 Å². The van der Waals surface area contributed by atoms with Gasteiger partial charge in [0.05, 0.1) is 10.6 Å². The van der Waals surface area contributed by atoms with Crippen LogP contribution in [0.2, 0.25) is 0 Å². The minimum Gasteiger partial charge on any atom is -0.483 e. The summed E-state index contributed by atoms with van der Waals surface area (Å²) in [5.74, 6) is -0.238. The zero-order chi connectivity index (χ0) is 19.1. The highest BCUT2D eigenvalue weighted by molar-refractivity contribution is 6.03. The summed E-state index contributed by atoms with van der Waals surface area (Å²) in [6.45, 7) is 4.73. The van der Waals surface area contributed by atoms with E-state index in [-0.39, 0.29) is 18.1 Å². The first-order chi connectivity index (χ1) is 12.4. The molecule has 2 aromatic carbocycles. The molecule has 0 saturated carbocycles. The molecule has 0 aromatic heterocycles. The third-order valence-electron chi connectivity index (χ3n) is 3.56. The number of carbonyl (C=O) groups excluding carboxylic acids is 2. The Balaban J connectivity index is 2.09. The Kier molecular flexibility index (Phi) is 6.21. The first kappa shape index (κ1) is 18.9. The average Bonchev–Trinajstić information content (AvgIpc) is 2.61. The van der Waals surface area contributed by atoms with Crippen LogP contribution >= 0.6 is 0 Å². The Hall–Kier alpha value is -3.48. The fourth-order valence-corrected chi connectivity index (χ4v) is 2.36. The molecule has 2 rings (SSSR count). The molecule has 0 saturated heterocycles. The van der Waals surface area contributed by atoms with Crippen LogP contribution in [0.5, 0.6) is 5.75 Å². The number of allylic oxidation sites excluding steroid dienone is 1. The van der Waals surface area contributed by atoms with Crippen molar-refractivity contribution < 1.29 is 19.2 Å². The fourth-order valence-electron chi connectivity index (χ4n) is 2.36. The summed E-state index contributed by atoms with van der Waals surface area (Å²) in [5.41, 5.74) is 1.31. The number of ketones is 1. The van der Waals surface area contributed by atoms with Crippen LogP contribution in [-0.2, 0) is 11.2 Å². The van der Waals surface area contributed by atoms with E-state index in [9.17, 15) is 19.7 Å². The highest BCUT2D eigenvalue weighted by atomic mass is 16.6. The lowest BCUT2D eigenvalue weighted by atomic mass is 10.1. The van der Waals surface area contributed by atoms with Crippen LogP contribution in [0.1, 0.15) is 22.8 Å². The molecule has 0 atom stereocenters. The number of hydrogen-bond acceptors (Lipinski definition) is 5. The molecule has 0 spiro atoms. The molecule has 134 valence electrons. The summed E-state index contributed by atoms with van der Waals surface area (Å²) in [6, 6.07) is 10.8. The minimum atomic E-state index is -0.498. The summed E-state index contributed by atoms with van der Waals surface area (Å²) in [7, 11) is 0. The summed E-state index contributed by atoms with van der Waals surface area (Å²) in [6.07, 6.45) is 1.96. The molecule has 26 heavy (non-hydrogen) atoms. The molecule has 7 heteroatoms. The Morgan fingerprint density at radius 3 is 2.65 bits per heavy atom. The minimum absolute atomic E-state index is 0.0611. The van der Waals surface area contributed by atoms with E-state index in [4.69, 9.17) is 4.74 Å². The number of Topliss-reactive ketones (excluding diaryl/α,β-unsaturated/α-hetero) is 1. The molecule has 1 amide bonds. The van der Waals surface area contributed by atoms with Crippen LogP contribution in [0, 0.1) is 10.1 Å². The van der Waals surface area contributed by atoms with Crippen LogP contribution in [0.4, 0.5) is 11.4 Å². The van der Waals surface area contributed by atoms with Crippen molar-refractivity contribution in [3.8, 4) is 5.75 Å². The lowest BCUT2D eigenvalue weighted by molar-refractivity contribution is -0.384. The standard InChI is InChI=1S/C19H18N2O5/c1-3-6-14-11-15(21(24)25)9-10-18(14)26-12-19(23)20-17-8-5-4-7-16(17)13(2)22/h3-5,7-11H,1,6,12H2,2H3,(H,20,23). The van der Waals surface area contributed by atoms with Gasteiger partial charge in [-0.1, -0.05) is 18.2 Å². The molecule has 0 aliphatic rings. The topological polar surface area (TPSA) is 98.5 Å². The van der Waals surface area contributed by atoms with Gasteiger partial charge in [0.15, 0.2) is 12.4 Å². The molecule has 1 N–H and O–H groups in total. The number of nitro benzene ring substituents is 1.